The molecule has 0 aliphatic rings. The number of benzene rings is 2. The first-order chi connectivity index (χ1) is 12.1. The second-order valence-corrected chi connectivity index (χ2v) is 5.38. The second-order valence-electron chi connectivity index (χ2n) is 5.38. The van der Waals surface area contributed by atoms with Crippen LogP contribution >= 0.6 is 0 Å². The van der Waals surface area contributed by atoms with Crippen LogP contribution in [0.1, 0.15) is 34.1 Å². The molecule has 0 N–H and O–H groups in total. The summed E-state index contributed by atoms with van der Waals surface area (Å²) in [4.78, 5) is 36.9. The minimum Gasteiger partial charge on any atom is -0.463 e. The van der Waals surface area contributed by atoms with Gasteiger partial charge in [-0.3, -0.25) is 9.59 Å². The van der Waals surface area contributed by atoms with Crippen LogP contribution in [-0.4, -0.2) is 36.9 Å². The molecule has 0 saturated carbocycles. The molecule has 0 saturated heterocycles. The number of carbonyl (C=O) groups excluding carboxylic acids is 3. The zero-order valence-electron chi connectivity index (χ0n) is 14.0. The van der Waals surface area contributed by atoms with Gasteiger partial charge in [0.05, 0.1) is 6.61 Å². The topological polar surface area (TPSA) is 69.7 Å². The van der Waals surface area contributed by atoms with Gasteiger partial charge in [-0.1, -0.05) is 67.6 Å². The van der Waals surface area contributed by atoms with Gasteiger partial charge in [0.25, 0.3) is 0 Å². The maximum atomic E-state index is 12.6. The molecule has 130 valence electrons. The number of rotatable bonds is 9. The van der Waals surface area contributed by atoms with Crippen molar-refractivity contribution >= 4 is 17.5 Å². The molecular formula is C20H20O5. The lowest BCUT2D eigenvalue weighted by Crippen LogP contribution is -2.36. The van der Waals surface area contributed by atoms with E-state index < -0.39 is 17.9 Å². The summed E-state index contributed by atoms with van der Waals surface area (Å²) < 4.78 is 10.4. The third-order valence-electron chi connectivity index (χ3n) is 3.44. The van der Waals surface area contributed by atoms with E-state index in [9.17, 15) is 14.4 Å². The fraction of sp³-hybridized carbons (Fsp3) is 0.250. The van der Waals surface area contributed by atoms with Crippen LogP contribution in [0, 0.1) is 0 Å². The maximum Gasteiger partial charge on any atom is 0.343 e. The molecule has 0 fully saturated rings. The van der Waals surface area contributed by atoms with Crippen LogP contribution in [0.3, 0.4) is 0 Å². The Morgan fingerprint density at radius 2 is 1.44 bits per heavy atom. The molecule has 1 atom stereocenters. The van der Waals surface area contributed by atoms with E-state index in [0.29, 0.717) is 17.5 Å². The van der Waals surface area contributed by atoms with Gasteiger partial charge in [-0.25, -0.2) is 4.79 Å². The van der Waals surface area contributed by atoms with Crippen LogP contribution in [0.4, 0.5) is 0 Å². The lowest BCUT2D eigenvalue weighted by Gasteiger charge is -2.15. The molecule has 1 unspecified atom stereocenters. The summed E-state index contributed by atoms with van der Waals surface area (Å²) in [5, 5.41) is 0. The zero-order chi connectivity index (χ0) is 18.1. The zero-order valence-corrected chi connectivity index (χ0v) is 14.0. The second kappa shape index (κ2) is 9.49. The van der Waals surface area contributed by atoms with E-state index in [2.05, 4.69) is 0 Å². The largest absolute Gasteiger partial charge is 0.463 e. The van der Waals surface area contributed by atoms with Gasteiger partial charge in [0, 0.05) is 11.1 Å². The Labute approximate surface area is 146 Å². The molecule has 0 spiro atoms. The number of Topliss-reactive ketones (excluding diaryl/α,β-unsaturated/α-hetero) is 2. The van der Waals surface area contributed by atoms with Crippen LogP contribution in [0.25, 0.3) is 0 Å². The van der Waals surface area contributed by atoms with Crippen LogP contribution < -0.4 is 0 Å². The van der Waals surface area contributed by atoms with E-state index in [-0.39, 0.29) is 19.0 Å². The van der Waals surface area contributed by atoms with Crippen molar-refractivity contribution in [3.63, 3.8) is 0 Å². The summed E-state index contributed by atoms with van der Waals surface area (Å²) in [7, 11) is 0. The van der Waals surface area contributed by atoms with E-state index in [4.69, 9.17) is 9.47 Å². The van der Waals surface area contributed by atoms with Crippen molar-refractivity contribution in [3.8, 4) is 0 Å². The molecule has 0 aromatic heterocycles. The van der Waals surface area contributed by atoms with Crippen molar-refractivity contribution in [1.29, 1.82) is 0 Å². The molecule has 0 aliphatic heterocycles. The summed E-state index contributed by atoms with van der Waals surface area (Å²) in [6.07, 6.45) is -0.831. The standard InChI is InChI=1S/C20H20O5/c1-2-13-24-20(23)19(18(22)16-11-7-4-8-12-16)25-14-17(21)15-9-5-3-6-10-15/h3-12,19H,2,13-14H2,1H3. The Hall–Kier alpha value is -2.79. The molecule has 0 aliphatic carbocycles. The molecule has 0 amide bonds. The summed E-state index contributed by atoms with van der Waals surface area (Å²) in [5.74, 6) is -1.62. The van der Waals surface area contributed by atoms with E-state index in [1.54, 1.807) is 60.7 Å². The number of ketones is 2. The number of carbonyl (C=O) groups is 3. The monoisotopic (exact) mass is 340 g/mol. The number of ether oxygens (including phenoxy) is 2. The maximum absolute atomic E-state index is 12.6. The third kappa shape index (κ3) is 5.36. The molecule has 2 aromatic carbocycles. The highest BCUT2D eigenvalue weighted by Crippen LogP contribution is 2.10. The van der Waals surface area contributed by atoms with Crippen molar-refractivity contribution in [3.05, 3.63) is 71.8 Å². The van der Waals surface area contributed by atoms with Crippen LogP contribution in [0.5, 0.6) is 0 Å². The van der Waals surface area contributed by atoms with Crippen LogP contribution in [-0.2, 0) is 14.3 Å². The Kier molecular flexibility index (Phi) is 7.04. The van der Waals surface area contributed by atoms with Gasteiger partial charge in [0.1, 0.15) is 6.61 Å². The molecular weight excluding hydrogens is 320 g/mol. The molecule has 25 heavy (non-hydrogen) atoms. The van der Waals surface area contributed by atoms with Gasteiger partial charge in [-0.2, -0.15) is 0 Å². The summed E-state index contributed by atoms with van der Waals surface area (Å²) >= 11 is 0. The van der Waals surface area contributed by atoms with E-state index in [0.717, 1.165) is 0 Å². The van der Waals surface area contributed by atoms with Crippen molar-refractivity contribution in [1.82, 2.24) is 0 Å². The summed E-state index contributed by atoms with van der Waals surface area (Å²) in [6, 6.07) is 16.9. The predicted molar refractivity (Wildman–Crippen MR) is 92.5 cm³/mol. The van der Waals surface area contributed by atoms with Crippen molar-refractivity contribution in [2.45, 2.75) is 19.4 Å². The third-order valence-corrected chi connectivity index (χ3v) is 3.44. The van der Waals surface area contributed by atoms with Gasteiger partial charge < -0.3 is 9.47 Å². The Morgan fingerprint density at radius 3 is 2.00 bits per heavy atom. The van der Waals surface area contributed by atoms with Gasteiger partial charge in [0.15, 0.2) is 5.78 Å². The summed E-state index contributed by atoms with van der Waals surface area (Å²) in [6.45, 7) is 1.66. The Bertz CT molecular complexity index is 709. The highest BCUT2D eigenvalue weighted by atomic mass is 16.6. The molecule has 5 heteroatoms. The van der Waals surface area contributed by atoms with Crippen LogP contribution in [0.2, 0.25) is 0 Å². The van der Waals surface area contributed by atoms with E-state index >= 15 is 0 Å². The number of hydrogen-bond acceptors (Lipinski definition) is 5. The van der Waals surface area contributed by atoms with Gasteiger partial charge >= 0.3 is 5.97 Å². The van der Waals surface area contributed by atoms with Crippen LogP contribution in [0.15, 0.2) is 60.7 Å². The highest BCUT2D eigenvalue weighted by Gasteiger charge is 2.30. The quantitative estimate of drug-likeness (QED) is 0.398. The van der Waals surface area contributed by atoms with E-state index in [1.165, 1.54) is 0 Å². The average Bonchev–Trinajstić information content (AvgIpc) is 2.67. The highest BCUT2D eigenvalue weighted by molar-refractivity contribution is 6.11. The first kappa shape index (κ1) is 18.5. The number of hydrogen-bond donors (Lipinski definition) is 0. The average molecular weight is 340 g/mol. The smallest absolute Gasteiger partial charge is 0.343 e. The van der Waals surface area contributed by atoms with Crippen molar-refractivity contribution in [2.24, 2.45) is 0 Å². The molecule has 0 bridgehead atoms. The molecule has 0 heterocycles. The van der Waals surface area contributed by atoms with Gasteiger partial charge in [0.2, 0.25) is 11.9 Å². The first-order valence-electron chi connectivity index (χ1n) is 8.09. The molecule has 2 aromatic rings. The fourth-order valence-electron chi connectivity index (χ4n) is 2.15. The minimum absolute atomic E-state index is 0.188. The SMILES string of the molecule is CCCOC(=O)C(OCC(=O)c1ccccc1)C(=O)c1ccccc1. The molecule has 5 nitrogen and oxygen atoms in total. The lowest BCUT2D eigenvalue weighted by atomic mass is 10.1. The number of esters is 1. The van der Waals surface area contributed by atoms with Gasteiger partial charge in [-0.15, -0.1) is 0 Å². The van der Waals surface area contributed by atoms with Gasteiger partial charge in [-0.05, 0) is 6.42 Å². The Balaban J connectivity index is 2.10. The lowest BCUT2D eigenvalue weighted by molar-refractivity contribution is -0.153. The van der Waals surface area contributed by atoms with E-state index in [1.807, 2.05) is 6.92 Å². The first-order valence-corrected chi connectivity index (χ1v) is 8.09. The molecule has 0 radical (unpaired) electrons. The Morgan fingerprint density at radius 1 is 0.880 bits per heavy atom. The predicted octanol–water partition coefficient (Wildman–Crippen LogP) is 3.09. The fourth-order valence-corrected chi connectivity index (χ4v) is 2.15. The molecule has 2 rings (SSSR count). The van der Waals surface area contributed by atoms with Crippen molar-refractivity contribution in [2.75, 3.05) is 13.2 Å². The minimum atomic E-state index is -1.46. The summed E-state index contributed by atoms with van der Waals surface area (Å²) in [5.41, 5.74) is 0.781. The normalized spacial score (nSPS) is 11.6. The van der Waals surface area contributed by atoms with Crippen molar-refractivity contribution < 1.29 is 23.9 Å².